The van der Waals surface area contributed by atoms with E-state index in [1.807, 2.05) is 23.3 Å². The van der Waals surface area contributed by atoms with E-state index in [9.17, 15) is 0 Å². The van der Waals surface area contributed by atoms with Crippen molar-refractivity contribution >= 4 is 0 Å². The number of fused-ring (bicyclic) bond motifs is 1. The van der Waals surface area contributed by atoms with Gasteiger partial charge in [0, 0.05) is 56.8 Å². The molecule has 0 amide bonds. The van der Waals surface area contributed by atoms with Crippen molar-refractivity contribution in [1.29, 1.82) is 0 Å². The van der Waals surface area contributed by atoms with Crippen molar-refractivity contribution in [1.82, 2.24) is 19.4 Å². The van der Waals surface area contributed by atoms with E-state index in [-0.39, 0.29) is 0 Å². The van der Waals surface area contributed by atoms with Crippen molar-refractivity contribution in [2.24, 2.45) is 0 Å². The molecule has 2 aromatic carbocycles. The van der Waals surface area contributed by atoms with Crippen molar-refractivity contribution in [2.45, 2.75) is 31.8 Å². The Hall–Kier alpha value is -2.43. The summed E-state index contributed by atoms with van der Waals surface area (Å²) in [6.45, 7) is 5.77. The quantitative estimate of drug-likeness (QED) is 0.700. The first kappa shape index (κ1) is 17.7. The maximum Gasteiger partial charge on any atom is 0.0991 e. The lowest BCUT2D eigenvalue weighted by Gasteiger charge is -2.41. The van der Waals surface area contributed by atoms with Crippen LogP contribution in [0, 0.1) is 0 Å². The maximum absolute atomic E-state index is 4.12. The minimum Gasteiger partial charge on any atom is -0.306 e. The zero-order valence-corrected chi connectivity index (χ0v) is 16.4. The van der Waals surface area contributed by atoms with Gasteiger partial charge in [-0.25, -0.2) is 4.98 Å². The lowest BCUT2D eigenvalue weighted by Crippen LogP contribution is -2.51. The number of rotatable bonds is 4. The Balaban J connectivity index is 1.15. The number of aromatic nitrogens is 2. The highest BCUT2D eigenvalue weighted by Crippen LogP contribution is 2.25. The van der Waals surface area contributed by atoms with Crippen molar-refractivity contribution in [2.75, 3.05) is 26.2 Å². The first-order valence-electron chi connectivity index (χ1n) is 10.5. The highest BCUT2D eigenvalue weighted by atomic mass is 15.3. The van der Waals surface area contributed by atoms with Crippen LogP contribution in [0.5, 0.6) is 0 Å². The fraction of sp³-hybridized carbons (Fsp3) is 0.375. The van der Waals surface area contributed by atoms with E-state index in [1.54, 1.807) is 11.1 Å². The van der Waals surface area contributed by atoms with Gasteiger partial charge in [-0.1, -0.05) is 36.4 Å². The normalized spacial score (nSPS) is 20.8. The number of piperazine rings is 1. The molecule has 4 heteroatoms. The van der Waals surface area contributed by atoms with E-state index in [0.29, 0.717) is 0 Å². The van der Waals surface area contributed by atoms with Crippen molar-refractivity contribution in [3.8, 4) is 5.69 Å². The minimum atomic E-state index is 0.728. The van der Waals surface area contributed by atoms with Gasteiger partial charge in [0.25, 0.3) is 0 Å². The molecule has 1 aliphatic heterocycles. The summed E-state index contributed by atoms with van der Waals surface area (Å²) >= 11 is 0. The molecule has 1 atom stereocenters. The maximum atomic E-state index is 4.12. The van der Waals surface area contributed by atoms with Crippen molar-refractivity contribution < 1.29 is 0 Å². The SMILES string of the molecule is c1ccc2c(c1)CCC(N1CCN(Cc3ccc(-n4ccnc4)cc3)CC1)C2. The lowest BCUT2D eigenvalue weighted by atomic mass is 9.87. The number of hydrogen-bond donors (Lipinski definition) is 0. The molecule has 1 saturated heterocycles. The highest BCUT2D eigenvalue weighted by molar-refractivity contribution is 5.34. The van der Waals surface area contributed by atoms with Gasteiger partial charge in [-0.3, -0.25) is 9.80 Å². The molecule has 1 aliphatic carbocycles. The molecule has 1 aromatic heterocycles. The number of benzene rings is 2. The molecule has 2 aliphatic rings. The number of nitrogens with zero attached hydrogens (tertiary/aromatic N) is 4. The highest BCUT2D eigenvalue weighted by Gasteiger charge is 2.27. The topological polar surface area (TPSA) is 24.3 Å². The van der Waals surface area contributed by atoms with Gasteiger partial charge in [0.2, 0.25) is 0 Å². The molecule has 0 bridgehead atoms. The van der Waals surface area contributed by atoms with Gasteiger partial charge in [0.1, 0.15) is 0 Å². The predicted molar refractivity (Wildman–Crippen MR) is 113 cm³/mol. The monoisotopic (exact) mass is 372 g/mol. The van der Waals surface area contributed by atoms with Gasteiger partial charge in [-0.05, 0) is 48.1 Å². The summed E-state index contributed by atoms with van der Waals surface area (Å²) in [5, 5.41) is 0. The summed E-state index contributed by atoms with van der Waals surface area (Å²) in [4.78, 5) is 9.45. The van der Waals surface area contributed by atoms with Crippen molar-refractivity contribution in [3.05, 3.63) is 83.9 Å². The molecule has 2 heterocycles. The third kappa shape index (κ3) is 3.75. The third-order valence-corrected chi connectivity index (χ3v) is 6.39. The molecule has 28 heavy (non-hydrogen) atoms. The summed E-state index contributed by atoms with van der Waals surface area (Å²) in [5.41, 5.74) is 5.70. The van der Waals surface area contributed by atoms with Gasteiger partial charge < -0.3 is 4.57 Å². The first-order chi connectivity index (χ1) is 13.8. The molecule has 4 nitrogen and oxygen atoms in total. The Labute approximate surface area is 167 Å². The van der Waals surface area contributed by atoms with Gasteiger partial charge in [-0.15, -0.1) is 0 Å². The zero-order chi connectivity index (χ0) is 18.8. The minimum absolute atomic E-state index is 0.728. The summed E-state index contributed by atoms with van der Waals surface area (Å²) in [7, 11) is 0. The Bertz CT molecular complexity index is 893. The van der Waals surface area contributed by atoms with Crippen LogP contribution in [0.4, 0.5) is 0 Å². The standard InChI is InChI=1S/C24H28N4/c1-2-4-22-17-24(10-7-21(22)3-1)27-15-13-26(14-16-27)18-20-5-8-23(9-6-20)28-12-11-25-19-28/h1-6,8-9,11-12,19,24H,7,10,13-18H2. The lowest BCUT2D eigenvalue weighted by molar-refractivity contribution is 0.0856. The average Bonchev–Trinajstić information content (AvgIpc) is 3.29. The fourth-order valence-corrected chi connectivity index (χ4v) is 4.72. The molecule has 1 unspecified atom stereocenters. The molecule has 144 valence electrons. The van der Waals surface area contributed by atoms with Gasteiger partial charge in [-0.2, -0.15) is 0 Å². The van der Waals surface area contributed by atoms with Crippen LogP contribution in [-0.2, 0) is 19.4 Å². The fourth-order valence-electron chi connectivity index (χ4n) is 4.72. The van der Waals surface area contributed by atoms with Crippen LogP contribution in [0.25, 0.3) is 5.69 Å². The molecular weight excluding hydrogens is 344 g/mol. The average molecular weight is 373 g/mol. The second-order valence-corrected chi connectivity index (χ2v) is 8.11. The summed E-state index contributed by atoms with van der Waals surface area (Å²) in [5.74, 6) is 0. The summed E-state index contributed by atoms with van der Waals surface area (Å²) < 4.78 is 2.05. The number of imidazole rings is 1. The molecule has 1 fully saturated rings. The van der Waals surface area contributed by atoms with Crippen LogP contribution in [0.2, 0.25) is 0 Å². The molecule has 0 saturated carbocycles. The zero-order valence-electron chi connectivity index (χ0n) is 16.4. The summed E-state index contributed by atoms with van der Waals surface area (Å²) in [6, 6.07) is 18.6. The van der Waals surface area contributed by atoms with Crippen LogP contribution in [0.3, 0.4) is 0 Å². The third-order valence-electron chi connectivity index (χ3n) is 6.39. The molecule has 0 N–H and O–H groups in total. The van der Waals surface area contributed by atoms with E-state index in [0.717, 1.165) is 12.6 Å². The Morgan fingerprint density at radius 2 is 1.68 bits per heavy atom. The van der Waals surface area contributed by atoms with E-state index >= 15 is 0 Å². The number of aryl methyl sites for hydroxylation is 1. The van der Waals surface area contributed by atoms with E-state index < -0.39 is 0 Å². The number of hydrogen-bond acceptors (Lipinski definition) is 3. The molecule has 3 aromatic rings. The first-order valence-corrected chi connectivity index (χ1v) is 10.5. The molecule has 0 radical (unpaired) electrons. The second-order valence-electron chi connectivity index (χ2n) is 8.11. The van der Waals surface area contributed by atoms with Crippen LogP contribution < -0.4 is 0 Å². The van der Waals surface area contributed by atoms with Crippen LogP contribution in [-0.4, -0.2) is 51.6 Å². The smallest absolute Gasteiger partial charge is 0.0991 e. The second kappa shape index (κ2) is 7.90. The predicted octanol–water partition coefficient (Wildman–Crippen LogP) is 3.55. The Morgan fingerprint density at radius 3 is 2.43 bits per heavy atom. The molecule has 0 spiro atoms. The van der Waals surface area contributed by atoms with E-state index in [4.69, 9.17) is 0 Å². The Kier molecular flexibility index (Phi) is 4.98. The summed E-state index contributed by atoms with van der Waals surface area (Å²) in [6.07, 6.45) is 9.43. The van der Waals surface area contributed by atoms with E-state index in [1.165, 1.54) is 56.7 Å². The Morgan fingerprint density at radius 1 is 0.893 bits per heavy atom. The van der Waals surface area contributed by atoms with Gasteiger partial charge in [0.15, 0.2) is 0 Å². The molecule has 5 rings (SSSR count). The molecular formula is C24H28N4. The largest absolute Gasteiger partial charge is 0.306 e. The van der Waals surface area contributed by atoms with E-state index in [2.05, 4.69) is 63.3 Å². The van der Waals surface area contributed by atoms with Crippen LogP contribution in [0.15, 0.2) is 67.3 Å². The van der Waals surface area contributed by atoms with Gasteiger partial charge >= 0.3 is 0 Å². The van der Waals surface area contributed by atoms with Crippen LogP contribution >= 0.6 is 0 Å². The van der Waals surface area contributed by atoms with Crippen molar-refractivity contribution in [3.63, 3.8) is 0 Å². The van der Waals surface area contributed by atoms with Crippen LogP contribution in [0.1, 0.15) is 23.1 Å². The van der Waals surface area contributed by atoms with Gasteiger partial charge in [0.05, 0.1) is 6.33 Å².